The molecule has 1 saturated heterocycles. The van der Waals surface area contributed by atoms with Crippen LogP contribution in [0.1, 0.15) is 53.6 Å². The Bertz CT molecular complexity index is 518. The van der Waals surface area contributed by atoms with E-state index in [1.54, 1.807) is 4.90 Å². The molecule has 1 amide bonds. The van der Waals surface area contributed by atoms with Crippen LogP contribution in [0.4, 0.5) is 0 Å². The van der Waals surface area contributed by atoms with Crippen molar-refractivity contribution in [2.45, 2.75) is 38.7 Å². The monoisotopic (exact) mass is 307 g/mol. The van der Waals surface area contributed by atoms with Crippen LogP contribution in [0, 0.1) is 0 Å². The Morgan fingerprint density at radius 1 is 1.27 bits per heavy atom. The lowest BCUT2D eigenvalue weighted by molar-refractivity contribution is 0.0431. The zero-order valence-electron chi connectivity index (χ0n) is 12.7. The number of ether oxygens (including phenoxy) is 1. The highest BCUT2D eigenvalue weighted by Crippen LogP contribution is 2.16. The van der Waals surface area contributed by atoms with E-state index < -0.39 is 5.97 Å². The Kier molecular flexibility index (Phi) is 5.83. The van der Waals surface area contributed by atoms with Crippen LogP contribution in [0.2, 0.25) is 0 Å². The van der Waals surface area contributed by atoms with Gasteiger partial charge in [-0.15, -0.1) is 0 Å². The standard InChI is InChI=1S/C15H21N3O4/c1-2-8-22-11-4-3-6-18(7-5-11)14(19)12-9-17-13(10-16-12)15(20)21/h9-11H,2-8H2,1H3,(H,20,21). The van der Waals surface area contributed by atoms with Crippen molar-refractivity contribution in [3.63, 3.8) is 0 Å². The zero-order valence-corrected chi connectivity index (χ0v) is 12.7. The summed E-state index contributed by atoms with van der Waals surface area (Å²) in [4.78, 5) is 32.5. The minimum absolute atomic E-state index is 0.166. The minimum Gasteiger partial charge on any atom is -0.476 e. The summed E-state index contributed by atoms with van der Waals surface area (Å²) in [7, 11) is 0. The van der Waals surface area contributed by atoms with Gasteiger partial charge in [-0.1, -0.05) is 6.92 Å². The highest BCUT2D eigenvalue weighted by Gasteiger charge is 2.23. The van der Waals surface area contributed by atoms with Crippen molar-refractivity contribution >= 4 is 11.9 Å². The second-order valence-corrected chi connectivity index (χ2v) is 5.31. The minimum atomic E-state index is -1.16. The number of aromatic carboxylic acids is 1. The fourth-order valence-electron chi connectivity index (χ4n) is 2.43. The Balaban J connectivity index is 1.96. The normalized spacial score (nSPS) is 18.8. The third kappa shape index (κ3) is 4.24. The largest absolute Gasteiger partial charge is 0.476 e. The first-order chi connectivity index (χ1) is 10.6. The summed E-state index contributed by atoms with van der Waals surface area (Å²) in [5.41, 5.74) is 0.0124. The van der Waals surface area contributed by atoms with E-state index in [9.17, 15) is 9.59 Å². The molecule has 1 unspecified atom stereocenters. The molecule has 1 aliphatic heterocycles. The van der Waals surface area contributed by atoms with Crippen molar-refractivity contribution in [2.75, 3.05) is 19.7 Å². The molecular weight excluding hydrogens is 286 g/mol. The molecule has 1 aliphatic rings. The molecule has 22 heavy (non-hydrogen) atoms. The third-order valence-electron chi connectivity index (χ3n) is 3.61. The van der Waals surface area contributed by atoms with Gasteiger partial charge in [0, 0.05) is 19.7 Å². The molecule has 1 N–H and O–H groups in total. The van der Waals surface area contributed by atoms with Crippen molar-refractivity contribution in [1.29, 1.82) is 0 Å². The van der Waals surface area contributed by atoms with Gasteiger partial charge in [0.2, 0.25) is 0 Å². The van der Waals surface area contributed by atoms with Crippen molar-refractivity contribution < 1.29 is 19.4 Å². The molecule has 0 saturated carbocycles. The fraction of sp³-hybridized carbons (Fsp3) is 0.600. The van der Waals surface area contributed by atoms with Gasteiger partial charge in [-0.05, 0) is 25.7 Å². The Hall–Kier alpha value is -2.02. The van der Waals surface area contributed by atoms with Crippen molar-refractivity contribution in [3.8, 4) is 0 Å². The molecule has 1 fully saturated rings. The maximum Gasteiger partial charge on any atom is 0.356 e. The van der Waals surface area contributed by atoms with Gasteiger partial charge in [0.05, 0.1) is 18.5 Å². The molecule has 0 bridgehead atoms. The Morgan fingerprint density at radius 3 is 2.64 bits per heavy atom. The number of aromatic nitrogens is 2. The lowest BCUT2D eigenvalue weighted by atomic mass is 10.2. The van der Waals surface area contributed by atoms with Crippen LogP contribution in [0.25, 0.3) is 0 Å². The van der Waals surface area contributed by atoms with E-state index in [-0.39, 0.29) is 23.4 Å². The first-order valence-corrected chi connectivity index (χ1v) is 7.58. The maximum absolute atomic E-state index is 12.4. The number of rotatable bonds is 5. The molecule has 1 atom stereocenters. The van der Waals surface area contributed by atoms with E-state index in [0.29, 0.717) is 13.1 Å². The van der Waals surface area contributed by atoms with Gasteiger partial charge in [0.25, 0.3) is 5.91 Å². The van der Waals surface area contributed by atoms with Crippen LogP contribution < -0.4 is 0 Å². The predicted octanol–water partition coefficient (Wildman–Crippen LogP) is 1.60. The number of likely N-dealkylation sites (tertiary alicyclic amines) is 1. The topological polar surface area (TPSA) is 92.6 Å². The zero-order chi connectivity index (χ0) is 15.9. The van der Waals surface area contributed by atoms with E-state index >= 15 is 0 Å². The van der Waals surface area contributed by atoms with Crippen LogP contribution in [0.3, 0.4) is 0 Å². The van der Waals surface area contributed by atoms with Gasteiger partial charge in [0.15, 0.2) is 5.69 Å². The maximum atomic E-state index is 12.4. The summed E-state index contributed by atoms with van der Waals surface area (Å²) in [6, 6.07) is 0. The second-order valence-electron chi connectivity index (χ2n) is 5.31. The number of amides is 1. The first-order valence-electron chi connectivity index (χ1n) is 7.58. The first kappa shape index (κ1) is 16.4. The average molecular weight is 307 g/mol. The SMILES string of the molecule is CCCOC1CCCN(C(=O)c2cnc(C(=O)O)cn2)CC1. The second kappa shape index (κ2) is 7.84. The quantitative estimate of drug-likeness (QED) is 0.888. The molecule has 1 aromatic heterocycles. The van der Waals surface area contributed by atoms with Crippen LogP contribution in [-0.2, 0) is 4.74 Å². The van der Waals surface area contributed by atoms with E-state index in [1.807, 2.05) is 0 Å². The molecule has 120 valence electrons. The summed E-state index contributed by atoms with van der Waals surface area (Å²) < 4.78 is 5.76. The summed E-state index contributed by atoms with van der Waals surface area (Å²) in [5, 5.41) is 8.79. The third-order valence-corrected chi connectivity index (χ3v) is 3.61. The summed E-state index contributed by atoms with van der Waals surface area (Å²) >= 11 is 0. The molecular formula is C15H21N3O4. The van der Waals surface area contributed by atoms with E-state index in [0.717, 1.165) is 38.5 Å². The summed E-state index contributed by atoms with van der Waals surface area (Å²) in [6.07, 6.45) is 6.19. The van der Waals surface area contributed by atoms with E-state index in [1.165, 1.54) is 6.20 Å². The van der Waals surface area contributed by atoms with E-state index in [2.05, 4.69) is 16.9 Å². The number of hydrogen-bond acceptors (Lipinski definition) is 5. The Labute approximate surface area is 129 Å². The highest BCUT2D eigenvalue weighted by atomic mass is 16.5. The van der Waals surface area contributed by atoms with Gasteiger partial charge < -0.3 is 14.7 Å². The number of carbonyl (C=O) groups excluding carboxylic acids is 1. The highest BCUT2D eigenvalue weighted by molar-refractivity contribution is 5.92. The smallest absolute Gasteiger partial charge is 0.356 e. The van der Waals surface area contributed by atoms with Crippen LogP contribution in [0.5, 0.6) is 0 Å². The van der Waals surface area contributed by atoms with Crippen LogP contribution in [-0.4, -0.2) is 57.7 Å². The van der Waals surface area contributed by atoms with Gasteiger partial charge in [-0.25, -0.2) is 14.8 Å². The molecule has 0 aliphatic carbocycles. The molecule has 7 heteroatoms. The number of carboxylic acids is 1. The average Bonchev–Trinajstić information content (AvgIpc) is 2.78. The number of carbonyl (C=O) groups is 2. The van der Waals surface area contributed by atoms with Crippen LogP contribution >= 0.6 is 0 Å². The van der Waals surface area contributed by atoms with Gasteiger partial charge in [-0.2, -0.15) is 0 Å². The number of nitrogens with zero attached hydrogens (tertiary/aromatic N) is 3. The van der Waals surface area contributed by atoms with Gasteiger partial charge in [0.1, 0.15) is 5.69 Å². The Morgan fingerprint density at radius 2 is 2.00 bits per heavy atom. The lowest BCUT2D eigenvalue weighted by Crippen LogP contribution is -2.33. The summed E-state index contributed by atoms with van der Waals surface area (Å²) in [5.74, 6) is -1.36. The number of carboxylic acid groups (broad SMARTS) is 1. The lowest BCUT2D eigenvalue weighted by Gasteiger charge is -2.20. The molecule has 0 radical (unpaired) electrons. The predicted molar refractivity (Wildman–Crippen MR) is 78.8 cm³/mol. The van der Waals surface area contributed by atoms with Gasteiger partial charge >= 0.3 is 5.97 Å². The van der Waals surface area contributed by atoms with Crippen molar-refractivity contribution in [3.05, 3.63) is 23.8 Å². The fourth-order valence-corrected chi connectivity index (χ4v) is 2.43. The molecule has 0 spiro atoms. The number of hydrogen-bond donors (Lipinski definition) is 1. The van der Waals surface area contributed by atoms with Gasteiger partial charge in [-0.3, -0.25) is 4.79 Å². The van der Waals surface area contributed by atoms with Crippen molar-refractivity contribution in [1.82, 2.24) is 14.9 Å². The molecule has 2 rings (SSSR count). The van der Waals surface area contributed by atoms with E-state index in [4.69, 9.17) is 9.84 Å². The molecule has 0 aromatic carbocycles. The molecule has 7 nitrogen and oxygen atoms in total. The van der Waals surface area contributed by atoms with Crippen molar-refractivity contribution in [2.24, 2.45) is 0 Å². The summed E-state index contributed by atoms with van der Waals surface area (Å²) in [6.45, 7) is 4.11. The van der Waals surface area contributed by atoms with Crippen LogP contribution in [0.15, 0.2) is 12.4 Å². The molecule has 1 aromatic rings. The molecule has 2 heterocycles.